The highest BCUT2D eigenvalue weighted by molar-refractivity contribution is 14.1. The number of carbonyl (C=O) groups is 4. The number of hydrogen-bond acceptors (Lipinski definition) is 4. The summed E-state index contributed by atoms with van der Waals surface area (Å²) in [6, 6.07) is 8.14. The van der Waals surface area contributed by atoms with Crippen molar-refractivity contribution in [3.05, 3.63) is 59.7 Å². The Hall–Kier alpha value is -2.97. The van der Waals surface area contributed by atoms with Crippen LogP contribution >= 0.6 is 22.6 Å². The molecule has 0 bridgehead atoms. The van der Waals surface area contributed by atoms with Crippen molar-refractivity contribution in [2.45, 2.75) is 68.2 Å². The molecule has 0 aliphatic rings. The van der Waals surface area contributed by atoms with Crippen molar-refractivity contribution in [3.8, 4) is 0 Å². The maximum Gasteiger partial charge on any atom is 0.416 e. The van der Waals surface area contributed by atoms with Gasteiger partial charge in [0.15, 0.2) is 0 Å². The Bertz CT molecular complexity index is 1150. The highest BCUT2D eigenvalue weighted by atomic mass is 127. The molecule has 0 aliphatic carbocycles. The number of anilines is 2. The van der Waals surface area contributed by atoms with Crippen molar-refractivity contribution in [3.63, 3.8) is 0 Å². The minimum absolute atomic E-state index is 0. The molecule has 43 heavy (non-hydrogen) atoms. The second-order valence-corrected chi connectivity index (χ2v) is 9.26. The molecule has 2 aromatic rings. The number of hydrogen-bond donors (Lipinski definition) is 2. The van der Waals surface area contributed by atoms with E-state index in [-0.39, 0.29) is 56.1 Å². The van der Waals surface area contributed by atoms with Crippen LogP contribution in [-0.4, -0.2) is 28.3 Å². The molecule has 13 heteroatoms. The summed E-state index contributed by atoms with van der Waals surface area (Å²) in [5.41, 5.74) is -1.12. The molecule has 0 aromatic heterocycles. The van der Waals surface area contributed by atoms with Crippen molar-refractivity contribution >= 4 is 57.3 Å². The number of amides is 2. The van der Waals surface area contributed by atoms with Crippen molar-refractivity contribution in [1.29, 1.82) is 0 Å². The van der Waals surface area contributed by atoms with Gasteiger partial charge in [0.25, 0.3) is 0 Å². The lowest BCUT2D eigenvalue weighted by atomic mass is 9.96. The van der Waals surface area contributed by atoms with Crippen LogP contribution in [0.25, 0.3) is 0 Å². The highest BCUT2D eigenvalue weighted by Gasteiger charge is 2.31. The summed E-state index contributed by atoms with van der Waals surface area (Å²) in [4.78, 5) is 48.2. The molecule has 1 atom stereocenters. The zero-order valence-corrected chi connectivity index (χ0v) is 25.5. The maximum atomic E-state index is 12.4. The van der Waals surface area contributed by atoms with Crippen LogP contribution in [0.3, 0.4) is 0 Å². The Morgan fingerprint density at radius 3 is 1.30 bits per heavy atom. The second kappa shape index (κ2) is 20.1. The van der Waals surface area contributed by atoms with Gasteiger partial charge in [-0.3, -0.25) is 19.2 Å². The number of rotatable bonds is 8. The van der Waals surface area contributed by atoms with Gasteiger partial charge in [-0.05, 0) is 60.4 Å². The molecule has 0 fully saturated rings. The largest absolute Gasteiger partial charge is 0.416 e. The summed E-state index contributed by atoms with van der Waals surface area (Å²) in [5, 5.41) is 4.81. The zero-order valence-electron chi connectivity index (χ0n) is 23.3. The van der Waals surface area contributed by atoms with Crippen LogP contribution in [0.1, 0.15) is 67.0 Å². The van der Waals surface area contributed by atoms with Gasteiger partial charge in [-0.1, -0.05) is 65.1 Å². The van der Waals surface area contributed by atoms with Gasteiger partial charge in [-0.15, -0.1) is 0 Å². The summed E-state index contributed by atoms with van der Waals surface area (Å²) in [6.45, 7) is 8.19. The second-order valence-electron chi connectivity index (χ2n) is 9.26. The molecule has 0 heterocycles. The Kier molecular flexibility index (Phi) is 20.8. The minimum Gasteiger partial charge on any atom is -0.326 e. The molecule has 1 unspecified atom stereocenters. The molecule has 0 saturated carbocycles. The average molecular weight is 735 g/mol. The van der Waals surface area contributed by atoms with Crippen LogP contribution in [0.5, 0.6) is 0 Å². The van der Waals surface area contributed by atoms with E-state index in [0.717, 1.165) is 48.5 Å². The molecule has 2 N–H and O–H groups in total. The molecular weight excluding hydrogens is 693 g/mol. The Morgan fingerprint density at radius 2 is 1.00 bits per heavy atom. The van der Waals surface area contributed by atoms with Crippen molar-refractivity contribution in [1.82, 2.24) is 0 Å². The summed E-state index contributed by atoms with van der Waals surface area (Å²) in [6.07, 6.45) is -9.10. The third kappa shape index (κ3) is 16.5. The first-order chi connectivity index (χ1) is 18.8. The minimum atomic E-state index is -4.41. The van der Waals surface area contributed by atoms with E-state index in [2.05, 4.69) is 33.2 Å². The van der Waals surface area contributed by atoms with Gasteiger partial charge >= 0.3 is 12.4 Å². The molecule has 6 nitrogen and oxygen atoms in total. The quantitative estimate of drug-likeness (QED) is 0.123. The third-order valence-corrected chi connectivity index (χ3v) is 5.34. The first-order valence-electron chi connectivity index (χ1n) is 12.2. The number of halogens is 7. The lowest BCUT2D eigenvalue weighted by molar-refractivity contribution is -0.138. The predicted octanol–water partition coefficient (Wildman–Crippen LogP) is 9.09. The topological polar surface area (TPSA) is 92.3 Å². The van der Waals surface area contributed by atoms with E-state index in [1.165, 1.54) is 6.92 Å². The Labute approximate surface area is 263 Å². The monoisotopic (exact) mass is 734 g/mol. The smallest absolute Gasteiger partial charge is 0.326 e. The van der Waals surface area contributed by atoms with E-state index >= 15 is 0 Å². The van der Waals surface area contributed by atoms with E-state index < -0.39 is 41.2 Å². The van der Waals surface area contributed by atoms with Crippen LogP contribution in [0.2, 0.25) is 0 Å². The third-order valence-electron chi connectivity index (χ3n) is 5.34. The number of Topliss-reactive ketones (excluding diaryl/α,β-unsaturated/α-hetero) is 2. The summed E-state index contributed by atoms with van der Waals surface area (Å²) >= 11 is 2.15. The summed E-state index contributed by atoms with van der Waals surface area (Å²) in [7, 11) is 0. The fraction of sp³-hybridized carbons (Fsp3) is 0.467. The van der Waals surface area contributed by atoms with Crippen molar-refractivity contribution < 1.29 is 45.5 Å². The number of ketones is 2. The van der Waals surface area contributed by atoms with Crippen LogP contribution < -0.4 is 10.6 Å². The van der Waals surface area contributed by atoms with Gasteiger partial charge in [0.1, 0.15) is 11.6 Å². The molecule has 2 aromatic carbocycles. The molecule has 0 aliphatic heterocycles. The zero-order chi connectivity index (χ0) is 32.1. The SMILES string of the molecule is C.C.CC(C)C(=O)C(C)C(=O)Nc1ccc(C(F)(F)F)cc1.CC(C)C(=O)CC(=O)Nc1ccc(C(F)(F)F)cc1.CI. The van der Waals surface area contributed by atoms with E-state index in [1.54, 1.807) is 27.7 Å². The highest BCUT2D eigenvalue weighted by Crippen LogP contribution is 2.30. The van der Waals surface area contributed by atoms with Gasteiger partial charge in [0.05, 0.1) is 23.5 Å². The van der Waals surface area contributed by atoms with E-state index in [0.29, 0.717) is 0 Å². The predicted molar refractivity (Wildman–Crippen MR) is 167 cm³/mol. The number of carbonyl (C=O) groups excluding carboxylic acids is 4. The fourth-order valence-electron chi connectivity index (χ4n) is 2.93. The first kappa shape index (κ1) is 44.5. The fourth-order valence-corrected chi connectivity index (χ4v) is 2.93. The van der Waals surface area contributed by atoms with E-state index in [4.69, 9.17) is 0 Å². The first-order valence-corrected chi connectivity index (χ1v) is 14.4. The Balaban J connectivity index is -0.000000674. The lowest BCUT2D eigenvalue weighted by Gasteiger charge is -2.14. The summed E-state index contributed by atoms with van der Waals surface area (Å²) < 4.78 is 74.1. The number of alkyl halides is 7. The van der Waals surface area contributed by atoms with Crippen LogP contribution in [0, 0.1) is 17.8 Å². The number of nitrogens with one attached hydrogen (secondary N) is 2. The van der Waals surface area contributed by atoms with Gasteiger partial charge in [-0.2, -0.15) is 26.3 Å². The lowest BCUT2D eigenvalue weighted by Crippen LogP contribution is -2.30. The normalized spacial score (nSPS) is 11.3. The summed E-state index contributed by atoms with van der Waals surface area (Å²) in [5.74, 6) is -2.85. The van der Waals surface area contributed by atoms with Gasteiger partial charge in [0.2, 0.25) is 11.8 Å². The molecule has 0 radical (unpaired) electrons. The molecular formula is C30H41F6IN2O4. The van der Waals surface area contributed by atoms with Crippen molar-refractivity contribution in [2.75, 3.05) is 15.6 Å². The van der Waals surface area contributed by atoms with Crippen LogP contribution in [-0.2, 0) is 31.5 Å². The maximum absolute atomic E-state index is 12.4. The van der Waals surface area contributed by atoms with Gasteiger partial charge < -0.3 is 10.6 Å². The molecule has 0 saturated heterocycles. The van der Waals surface area contributed by atoms with Gasteiger partial charge in [0, 0.05) is 23.2 Å². The Morgan fingerprint density at radius 1 is 0.651 bits per heavy atom. The standard InChI is InChI=1S/C14H16F3NO2.C13H14F3NO2.CH3I.2CH4/c1-8(2)12(19)9(3)13(20)18-11-6-4-10(5-7-11)14(15,16)17;1-8(2)11(18)7-12(19)17-10-5-3-9(4-6-10)13(14,15)16;1-2;;/h4-9H,1-3H3,(H,18,20);3-6,8H,7H2,1-2H3,(H,17,19);1H3;2*1H4. The van der Waals surface area contributed by atoms with Crippen LogP contribution in [0.4, 0.5) is 37.7 Å². The van der Waals surface area contributed by atoms with E-state index in [9.17, 15) is 45.5 Å². The van der Waals surface area contributed by atoms with Gasteiger partial charge in [-0.25, -0.2) is 0 Å². The molecule has 0 spiro atoms. The van der Waals surface area contributed by atoms with Crippen molar-refractivity contribution in [2.24, 2.45) is 17.8 Å². The number of benzene rings is 2. The molecule has 244 valence electrons. The van der Waals surface area contributed by atoms with E-state index in [1.807, 2.05) is 4.93 Å². The molecule has 2 rings (SSSR count). The average Bonchev–Trinajstić information content (AvgIpc) is 2.88. The molecule has 2 amide bonds. The van der Waals surface area contributed by atoms with Crippen LogP contribution in [0.15, 0.2) is 48.5 Å².